The predicted molar refractivity (Wildman–Crippen MR) is 206 cm³/mol. The SMILES string of the molecule is CC(=O)OC[C@H]1O[C@@H](OC(C)=O)[C@H](NC(=O)c2cccnc2-c2ncccc2C(=O)N[C@H]2[C@H](OC(C)=O)O[C@H](COC(C)=O)[C@@H](OC(C)=O)[C@@H]2OC(C)=O)[C@@H](OC(C)=O)[C@@H]1OC(C)=O. The molecule has 0 saturated carbocycles. The number of hydrogen-bond donors (Lipinski definition) is 2. The number of nitrogens with one attached hydrogen (secondary N) is 2. The first-order chi connectivity index (χ1) is 30.2. The van der Waals surface area contributed by atoms with E-state index in [-0.39, 0.29) is 22.5 Å². The van der Waals surface area contributed by atoms with Gasteiger partial charge in [0.15, 0.2) is 24.4 Å². The fourth-order valence-electron chi connectivity index (χ4n) is 6.65. The fraction of sp³-hybridized carbons (Fsp3) is 0.500. The van der Waals surface area contributed by atoms with E-state index >= 15 is 0 Å². The van der Waals surface area contributed by atoms with E-state index in [0.717, 1.165) is 55.4 Å². The van der Waals surface area contributed by atoms with Gasteiger partial charge < -0.3 is 58.0 Å². The van der Waals surface area contributed by atoms with E-state index in [2.05, 4.69) is 20.6 Å². The van der Waals surface area contributed by atoms with Crippen molar-refractivity contribution in [2.75, 3.05) is 13.2 Å². The first-order valence-electron chi connectivity index (χ1n) is 19.3. The van der Waals surface area contributed by atoms with E-state index in [1.165, 1.54) is 36.7 Å². The zero-order valence-electron chi connectivity index (χ0n) is 35.7. The van der Waals surface area contributed by atoms with Gasteiger partial charge in [-0.25, -0.2) is 0 Å². The molecule has 2 saturated heterocycles. The third-order valence-electron chi connectivity index (χ3n) is 8.89. The number of carbonyl (C=O) groups excluding carboxylic acids is 10. The molecular formula is C40H46N4O20. The third kappa shape index (κ3) is 13.5. The Bertz CT molecular complexity index is 1980. The van der Waals surface area contributed by atoms with Crippen molar-refractivity contribution < 1.29 is 95.3 Å². The molecule has 2 aliphatic heterocycles. The Morgan fingerprint density at radius 3 is 1.08 bits per heavy atom. The molecule has 24 heteroatoms. The van der Waals surface area contributed by atoms with Crippen LogP contribution < -0.4 is 10.6 Å². The molecule has 0 aromatic carbocycles. The highest BCUT2D eigenvalue weighted by Crippen LogP contribution is 2.31. The van der Waals surface area contributed by atoms with Crippen LogP contribution in [0.5, 0.6) is 0 Å². The average molecular weight is 903 g/mol. The molecule has 0 radical (unpaired) electrons. The highest BCUT2D eigenvalue weighted by atomic mass is 16.7. The molecule has 0 spiro atoms. The van der Waals surface area contributed by atoms with Crippen LogP contribution >= 0.6 is 0 Å². The quantitative estimate of drug-likeness (QED) is 0.172. The fourth-order valence-corrected chi connectivity index (χ4v) is 6.65. The lowest BCUT2D eigenvalue weighted by atomic mass is 9.95. The largest absolute Gasteiger partial charge is 0.463 e. The molecule has 2 aromatic rings. The summed E-state index contributed by atoms with van der Waals surface area (Å²) in [7, 11) is 0. The van der Waals surface area contributed by atoms with E-state index in [4.69, 9.17) is 47.4 Å². The van der Waals surface area contributed by atoms with Gasteiger partial charge >= 0.3 is 47.8 Å². The minimum atomic E-state index is -1.74. The van der Waals surface area contributed by atoms with Crippen LogP contribution in [0.15, 0.2) is 36.7 Å². The van der Waals surface area contributed by atoms with Gasteiger partial charge in [-0.3, -0.25) is 57.9 Å². The van der Waals surface area contributed by atoms with Gasteiger partial charge in [-0.1, -0.05) is 0 Å². The Morgan fingerprint density at radius 2 is 0.781 bits per heavy atom. The van der Waals surface area contributed by atoms with E-state index in [9.17, 15) is 47.9 Å². The number of hydrogen-bond acceptors (Lipinski definition) is 22. The summed E-state index contributed by atoms with van der Waals surface area (Å²) < 4.78 is 54.5. The molecule has 4 heterocycles. The van der Waals surface area contributed by atoms with Gasteiger partial charge in [0.05, 0.1) is 11.1 Å². The molecule has 0 aliphatic carbocycles. The number of ether oxygens (including phenoxy) is 10. The van der Waals surface area contributed by atoms with E-state index in [0.29, 0.717) is 0 Å². The Balaban J connectivity index is 1.77. The summed E-state index contributed by atoms with van der Waals surface area (Å²) >= 11 is 0. The lowest BCUT2D eigenvalue weighted by Crippen LogP contribution is -2.67. The summed E-state index contributed by atoms with van der Waals surface area (Å²) in [4.78, 5) is 135. The van der Waals surface area contributed by atoms with Crippen molar-refractivity contribution >= 4 is 59.6 Å². The molecular weight excluding hydrogens is 856 g/mol. The highest BCUT2D eigenvalue weighted by molar-refractivity contribution is 6.05. The van der Waals surface area contributed by atoms with Crippen molar-refractivity contribution in [2.24, 2.45) is 0 Å². The summed E-state index contributed by atoms with van der Waals surface area (Å²) in [6.45, 7) is 7.24. The summed E-state index contributed by atoms with van der Waals surface area (Å²) in [5, 5.41) is 5.15. The van der Waals surface area contributed by atoms with Gasteiger partial charge in [-0.05, 0) is 24.3 Å². The Morgan fingerprint density at radius 1 is 0.469 bits per heavy atom. The number of nitrogens with zero attached hydrogens (tertiary/aromatic N) is 2. The second-order valence-corrected chi connectivity index (χ2v) is 14.0. The van der Waals surface area contributed by atoms with Crippen LogP contribution in [0.25, 0.3) is 11.4 Å². The van der Waals surface area contributed by atoms with Gasteiger partial charge in [0.25, 0.3) is 11.8 Å². The molecule has 0 bridgehead atoms. The lowest BCUT2D eigenvalue weighted by molar-refractivity contribution is -0.270. The molecule has 2 N–H and O–H groups in total. The van der Waals surface area contributed by atoms with Crippen LogP contribution in [0.2, 0.25) is 0 Å². The molecule has 2 aliphatic rings. The molecule has 4 rings (SSSR count). The minimum absolute atomic E-state index is 0.230. The second kappa shape index (κ2) is 22.3. The average Bonchev–Trinajstić information content (AvgIpc) is 3.19. The van der Waals surface area contributed by atoms with Gasteiger partial charge in [-0.15, -0.1) is 0 Å². The number of pyridine rings is 2. The first-order valence-corrected chi connectivity index (χ1v) is 19.3. The van der Waals surface area contributed by atoms with Crippen molar-refractivity contribution in [1.82, 2.24) is 20.6 Å². The standard InChI is InChI=1S/C40H46N4O20/c1-17(45)55-15-27-33(57-19(3)47)35(59-21(5)49)31(39(63-27)61-23(7)51)43-37(53)25-11-9-13-41-29(25)30-26(12-10-14-42-30)38(54)44-32-36(60-22(6)50)34(58-20(4)48)28(16-56-18(2)46)64-40(32)62-24(8)52/h9-14,27-28,31-36,39-40H,15-16H2,1-8H3,(H,43,53)(H,44,54)/t27-,28-,31-,32-,33-,34-,35-,36-,39-,40-/m1/s1. The normalized spacial score (nSPS) is 24.9. The number of esters is 8. The highest BCUT2D eigenvalue weighted by Gasteiger charge is 2.54. The Labute approximate surface area is 364 Å². The van der Waals surface area contributed by atoms with Crippen LogP contribution in [0, 0.1) is 0 Å². The van der Waals surface area contributed by atoms with Crippen molar-refractivity contribution in [2.45, 2.75) is 117 Å². The maximum absolute atomic E-state index is 14.4. The van der Waals surface area contributed by atoms with Crippen LogP contribution in [0.1, 0.15) is 76.1 Å². The number of carbonyl (C=O) groups is 10. The van der Waals surface area contributed by atoms with Crippen LogP contribution in [0.4, 0.5) is 0 Å². The molecule has 346 valence electrons. The smallest absolute Gasteiger partial charge is 0.305 e. The molecule has 2 amide bonds. The van der Waals surface area contributed by atoms with Crippen LogP contribution in [0.3, 0.4) is 0 Å². The van der Waals surface area contributed by atoms with Crippen molar-refractivity contribution in [3.63, 3.8) is 0 Å². The molecule has 0 unspecified atom stereocenters. The number of rotatable bonds is 15. The van der Waals surface area contributed by atoms with Gasteiger partial charge in [0.1, 0.15) is 48.9 Å². The number of amides is 2. The van der Waals surface area contributed by atoms with Crippen molar-refractivity contribution in [3.05, 3.63) is 47.8 Å². The maximum atomic E-state index is 14.4. The Kier molecular flexibility index (Phi) is 17.3. The monoisotopic (exact) mass is 902 g/mol. The maximum Gasteiger partial charge on any atom is 0.305 e. The predicted octanol–water partition coefficient (Wildman–Crippen LogP) is -0.231. The molecule has 10 atom stereocenters. The topological polar surface area (TPSA) is 313 Å². The van der Waals surface area contributed by atoms with Crippen LogP contribution in [-0.2, 0) is 85.7 Å². The first kappa shape index (κ1) is 49.6. The van der Waals surface area contributed by atoms with Crippen LogP contribution in [-0.4, -0.2) is 144 Å². The third-order valence-corrected chi connectivity index (χ3v) is 8.89. The minimum Gasteiger partial charge on any atom is -0.463 e. The van der Waals surface area contributed by atoms with E-state index in [1.54, 1.807) is 0 Å². The lowest BCUT2D eigenvalue weighted by Gasteiger charge is -2.44. The number of aromatic nitrogens is 2. The zero-order chi connectivity index (χ0) is 47.4. The second-order valence-electron chi connectivity index (χ2n) is 14.0. The van der Waals surface area contributed by atoms with E-state index in [1.807, 2.05) is 0 Å². The van der Waals surface area contributed by atoms with E-state index < -0.39 is 134 Å². The molecule has 24 nitrogen and oxygen atoms in total. The summed E-state index contributed by atoms with van der Waals surface area (Å²) in [6.07, 6.45) is -10.0. The zero-order valence-corrected chi connectivity index (χ0v) is 35.7. The molecule has 2 aromatic heterocycles. The van der Waals surface area contributed by atoms with Gasteiger partial charge in [0, 0.05) is 67.8 Å². The van der Waals surface area contributed by atoms with Crippen molar-refractivity contribution in [3.8, 4) is 11.4 Å². The summed E-state index contributed by atoms with van der Waals surface area (Å²) in [5.74, 6) is -8.94. The summed E-state index contributed by atoms with van der Waals surface area (Å²) in [6, 6.07) is 2.04. The Hall–Kier alpha value is -7.08. The van der Waals surface area contributed by atoms with Crippen molar-refractivity contribution in [1.29, 1.82) is 0 Å². The van der Waals surface area contributed by atoms with Gasteiger partial charge in [0.2, 0.25) is 12.6 Å². The van der Waals surface area contributed by atoms with Gasteiger partial charge in [-0.2, -0.15) is 0 Å². The summed E-state index contributed by atoms with van der Waals surface area (Å²) in [5.41, 5.74) is -1.01. The molecule has 2 fully saturated rings. The molecule has 64 heavy (non-hydrogen) atoms.